The lowest BCUT2D eigenvalue weighted by atomic mass is 10.2. The van der Waals surface area contributed by atoms with Crippen LogP contribution in [0.4, 0.5) is 4.39 Å². The van der Waals surface area contributed by atoms with Crippen LogP contribution in [0.3, 0.4) is 0 Å². The lowest BCUT2D eigenvalue weighted by molar-refractivity contribution is 0.320. The summed E-state index contributed by atoms with van der Waals surface area (Å²) in [4.78, 5) is 2.37. The summed E-state index contributed by atoms with van der Waals surface area (Å²) in [6.07, 6.45) is 1.17. The molecule has 16 heavy (non-hydrogen) atoms. The van der Waals surface area contributed by atoms with Crippen LogP contribution in [-0.4, -0.2) is 23.9 Å². The third kappa shape index (κ3) is 2.96. The van der Waals surface area contributed by atoms with Gasteiger partial charge in [0.15, 0.2) is 0 Å². The summed E-state index contributed by atoms with van der Waals surface area (Å²) in [5, 5.41) is 0. The second-order valence-corrected chi connectivity index (χ2v) is 5.44. The van der Waals surface area contributed by atoms with E-state index >= 15 is 0 Å². The van der Waals surface area contributed by atoms with Gasteiger partial charge in [-0.05, 0) is 36.6 Å². The standard InChI is InChI=1S/C12H14BrClFN/c13-12-5-11(15)2-1-10(12)8-16-4-3-9(6-14)7-16/h1-2,5,9H,3-4,6-8H2. The molecule has 1 aromatic carbocycles. The van der Waals surface area contributed by atoms with Gasteiger partial charge in [0.1, 0.15) is 5.82 Å². The van der Waals surface area contributed by atoms with Gasteiger partial charge in [-0.15, -0.1) is 11.6 Å². The highest BCUT2D eigenvalue weighted by molar-refractivity contribution is 9.10. The molecule has 1 aromatic rings. The smallest absolute Gasteiger partial charge is 0.124 e. The van der Waals surface area contributed by atoms with Crippen LogP contribution in [0.25, 0.3) is 0 Å². The van der Waals surface area contributed by atoms with E-state index in [4.69, 9.17) is 11.6 Å². The molecule has 2 rings (SSSR count). The lowest BCUT2D eigenvalue weighted by Gasteiger charge is -2.16. The molecule has 0 radical (unpaired) electrons. The van der Waals surface area contributed by atoms with Crippen LogP contribution in [0.15, 0.2) is 22.7 Å². The van der Waals surface area contributed by atoms with E-state index in [1.54, 1.807) is 0 Å². The molecular formula is C12H14BrClFN. The normalized spacial score (nSPS) is 21.6. The van der Waals surface area contributed by atoms with Crippen molar-refractivity contribution in [3.8, 4) is 0 Å². The fourth-order valence-corrected chi connectivity index (χ4v) is 2.80. The van der Waals surface area contributed by atoms with E-state index in [1.165, 1.54) is 18.6 Å². The van der Waals surface area contributed by atoms with Gasteiger partial charge in [-0.2, -0.15) is 0 Å². The Hall–Kier alpha value is -0.120. The molecule has 0 saturated carbocycles. The van der Waals surface area contributed by atoms with Crippen molar-refractivity contribution in [1.29, 1.82) is 0 Å². The minimum Gasteiger partial charge on any atom is -0.299 e. The first kappa shape index (κ1) is 12.3. The molecule has 0 amide bonds. The van der Waals surface area contributed by atoms with Crippen LogP contribution in [0.1, 0.15) is 12.0 Å². The second kappa shape index (κ2) is 5.48. The highest BCUT2D eigenvalue weighted by atomic mass is 79.9. The maximum atomic E-state index is 12.9. The molecule has 1 nitrogen and oxygen atoms in total. The average molecular weight is 307 g/mol. The molecule has 0 aromatic heterocycles. The Balaban J connectivity index is 1.99. The Bertz CT molecular complexity index is 372. The number of alkyl halides is 1. The first-order chi connectivity index (χ1) is 7.69. The minimum absolute atomic E-state index is 0.198. The maximum Gasteiger partial charge on any atom is 0.124 e. The van der Waals surface area contributed by atoms with E-state index in [9.17, 15) is 4.39 Å². The lowest BCUT2D eigenvalue weighted by Crippen LogP contribution is -2.20. The van der Waals surface area contributed by atoms with Gasteiger partial charge in [0.25, 0.3) is 0 Å². The van der Waals surface area contributed by atoms with E-state index in [1.807, 2.05) is 6.07 Å². The quantitative estimate of drug-likeness (QED) is 0.771. The Labute approximate surface area is 109 Å². The number of hydrogen-bond acceptors (Lipinski definition) is 1. The third-order valence-electron chi connectivity index (χ3n) is 3.00. The molecule has 1 heterocycles. The second-order valence-electron chi connectivity index (χ2n) is 4.28. The monoisotopic (exact) mass is 305 g/mol. The number of halogens is 3. The topological polar surface area (TPSA) is 3.24 Å². The van der Waals surface area contributed by atoms with Gasteiger partial charge in [-0.1, -0.05) is 22.0 Å². The van der Waals surface area contributed by atoms with Crippen molar-refractivity contribution in [2.75, 3.05) is 19.0 Å². The van der Waals surface area contributed by atoms with Crippen LogP contribution >= 0.6 is 27.5 Å². The molecule has 1 aliphatic heterocycles. The van der Waals surface area contributed by atoms with Gasteiger partial charge in [0.2, 0.25) is 0 Å². The van der Waals surface area contributed by atoms with E-state index < -0.39 is 0 Å². The molecular weight excluding hydrogens is 292 g/mol. The predicted molar refractivity (Wildman–Crippen MR) is 68.2 cm³/mol. The summed E-state index contributed by atoms with van der Waals surface area (Å²) in [6, 6.07) is 4.87. The van der Waals surface area contributed by atoms with Crippen molar-refractivity contribution in [2.24, 2.45) is 5.92 Å². The van der Waals surface area contributed by atoms with Crippen molar-refractivity contribution in [2.45, 2.75) is 13.0 Å². The fraction of sp³-hybridized carbons (Fsp3) is 0.500. The summed E-state index contributed by atoms with van der Waals surface area (Å²) in [7, 11) is 0. The largest absolute Gasteiger partial charge is 0.299 e. The molecule has 88 valence electrons. The summed E-state index contributed by atoms with van der Waals surface area (Å²) in [5.74, 6) is 1.15. The van der Waals surface area contributed by atoms with Crippen molar-refractivity contribution in [1.82, 2.24) is 4.90 Å². The number of benzene rings is 1. The SMILES string of the molecule is Fc1ccc(CN2CCC(CCl)C2)c(Br)c1. The van der Waals surface area contributed by atoms with Crippen molar-refractivity contribution >= 4 is 27.5 Å². The van der Waals surface area contributed by atoms with Crippen LogP contribution in [0.2, 0.25) is 0 Å². The summed E-state index contributed by atoms with van der Waals surface area (Å²) in [6.45, 7) is 3.00. The van der Waals surface area contributed by atoms with E-state index in [-0.39, 0.29) is 5.82 Å². The number of rotatable bonds is 3. The molecule has 0 aliphatic carbocycles. The summed E-state index contributed by atoms with van der Waals surface area (Å²) < 4.78 is 13.8. The van der Waals surface area contributed by atoms with Gasteiger partial charge >= 0.3 is 0 Å². The van der Waals surface area contributed by atoms with E-state index in [0.717, 1.165) is 35.6 Å². The molecule has 4 heteroatoms. The number of hydrogen-bond donors (Lipinski definition) is 0. The van der Waals surface area contributed by atoms with Gasteiger partial charge in [-0.25, -0.2) is 4.39 Å². The minimum atomic E-state index is -0.198. The third-order valence-corrected chi connectivity index (χ3v) is 4.17. The van der Waals surface area contributed by atoms with Crippen molar-refractivity contribution in [3.05, 3.63) is 34.1 Å². The first-order valence-electron chi connectivity index (χ1n) is 5.41. The van der Waals surface area contributed by atoms with Gasteiger partial charge < -0.3 is 0 Å². The van der Waals surface area contributed by atoms with Crippen LogP contribution < -0.4 is 0 Å². The van der Waals surface area contributed by atoms with Crippen molar-refractivity contribution in [3.63, 3.8) is 0 Å². The molecule has 0 bridgehead atoms. The van der Waals surface area contributed by atoms with Crippen LogP contribution in [0.5, 0.6) is 0 Å². The van der Waals surface area contributed by atoms with Gasteiger partial charge in [-0.3, -0.25) is 4.90 Å². The molecule has 1 saturated heterocycles. The van der Waals surface area contributed by atoms with Crippen molar-refractivity contribution < 1.29 is 4.39 Å². The maximum absolute atomic E-state index is 12.9. The van der Waals surface area contributed by atoms with Gasteiger partial charge in [0, 0.05) is 23.4 Å². The zero-order valence-corrected chi connectivity index (χ0v) is 11.3. The molecule has 0 N–H and O–H groups in total. The summed E-state index contributed by atoms with van der Waals surface area (Å²) >= 11 is 9.24. The predicted octanol–water partition coefficient (Wildman–Crippen LogP) is 3.65. The molecule has 1 atom stereocenters. The van der Waals surface area contributed by atoms with Crippen LogP contribution in [0, 0.1) is 11.7 Å². The number of nitrogens with zero attached hydrogens (tertiary/aromatic N) is 1. The number of likely N-dealkylation sites (tertiary alicyclic amines) is 1. The molecule has 0 spiro atoms. The molecule has 1 unspecified atom stereocenters. The fourth-order valence-electron chi connectivity index (χ4n) is 2.07. The zero-order valence-electron chi connectivity index (χ0n) is 8.93. The highest BCUT2D eigenvalue weighted by Gasteiger charge is 2.21. The Morgan fingerprint density at radius 1 is 1.50 bits per heavy atom. The average Bonchev–Trinajstić information content (AvgIpc) is 2.70. The van der Waals surface area contributed by atoms with Crippen LogP contribution in [-0.2, 0) is 6.54 Å². The first-order valence-corrected chi connectivity index (χ1v) is 6.74. The highest BCUT2D eigenvalue weighted by Crippen LogP contribution is 2.24. The molecule has 1 fully saturated rings. The van der Waals surface area contributed by atoms with Gasteiger partial charge in [0.05, 0.1) is 0 Å². The Kier molecular flexibility index (Phi) is 4.22. The zero-order chi connectivity index (χ0) is 11.5. The van der Waals surface area contributed by atoms with E-state index in [2.05, 4.69) is 20.8 Å². The molecule has 1 aliphatic rings. The Morgan fingerprint density at radius 2 is 2.31 bits per heavy atom. The Morgan fingerprint density at radius 3 is 2.94 bits per heavy atom. The van der Waals surface area contributed by atoms with E-state index in [0.29, 0.717) is 5.92 Å². The summed E-state index contributed by atoms with van der Waals surface area (Å²) in [5.41, 5.74) is 1.14.